The second kappa shape index (κ2) is 6.21. The molecule has 0 aromatic carbocycles. The molecule has 0 rings (SSSR count). The number of hydrogen-bond donors (Lipinski definition) is 3. The fourth-order valence-electron chi connectivity index (χ4n) is 0.278. The summed E-state index contributed by atoms with van der Waals surface area (Å²) in [5.74, 6) is -0.333. The third kappa shape index (κ3) is 33.4. The SMILES string of the molecule is CC(C)(C)O[C](=O)[Pb].N=C(N)N. The Morgan fingerprint density at radius 3 is 1.67 bits per heavy atom. The number of nitrogens with two attached hydrogens (primary N) is 2. The Labute approximate surface area is 88.0 Å². The predicted molar refractivity (Wildman–Crippen MR) is 48.1 cm³/mol. The number of hydrogen-bond acceptors (Lipinski definition) is 3. The van der Waals surface area contributed by atoms with Crippen LogP contribution >= 0.6 is 0 Å². The van der Waals surface area contributed by atoms with Crippen LogP contribution < -0.4 is 11.5 Å². The van der Waals surface area contributed by atoms with Crippen LogP contribution in [0.2, 0.25) is 0 Å². The van der Waals surface area contributed by atoms with E-state index >= 15 is 0 Å². The summed E-state index contributed by atoms with van der Waals surface area (Å²) in [4.78, 5) is 10.3. The third-order valence-electron chi connectivity index (χ3n) is 0.399. The average Bonchev–Trinajstić information content (AvgIpc) is 1.52. The van der Waals surface area contributed by atoms with Gasteiger partial charge in [0.2, 0.25) is 0 Å². The van der Waals surface area contributed by atoms with Crippen LogP contribution in [0.15, 0.2) is 0 Å². The van der Waals surface area contributed by atoms with Crippen molar-refractivity contribution in [2.45, 2.75) is 26.4 Å². The number of carbonyl (C=O) groups is 1. The van der Waals surface area contributed by atoms with E-state index in [1.54, 1.807) is 0 Å². The molecule has 5 N–H and O–H groups in total. The smallest absolute Gasteiger partial charge is 0.183 e. The van der Waals surface area contributed by atoms with Gasteiger partial charge in [-0.2, -0.15) is 0 Å². The van der Waals surface area contributed by atoms with Crippen LogP contribution in [0.3, 0.4) is 0 Å². The first-order valence-corrected chi connectivity index (χ1v) is 5.13. The van der Waals surface area contributed by atoms with Gasteiger partial charge in [0.25, 0.3) is 0 Å². The normalized spacial score (nSPS) is 9.33. The molecule has 12 heavy (non-hydrogen) atoms. The Morgan fingerprint density at radius 2 is 1.67 bits per heavy atom. The maximum Gasteiger partial charge on any atom is 0.183 e. The van der Waals surface area contributed by atoms with Crippen molar-refractivity contribution in [3.05, 3.63) is 0 Å². The molecule has 0 saturated heterocycles. The van der Waals surface area contributed by atoms with Crippen molar-refractivity contribution < 1.29 is 9.53 Å². The topological polar surface area (TPSA) is 102 Å². The van der Waals surface area contributed by atoms with Gasteiger partial charge in [-0.1, -0.05) is 0 Å². The Morgan fingerprint density at radius 1 is 1.42 bits per heavy atom. The van der Waals surface area contributed by atoms with Gasteiger partial charge in [-0.15, -0.1) is 0 Å². The molecule has 0 bridgehead atoms. The standard InChI is InChI=1S/C5H9O2.CH5N3.Pb/c1-5(2,3)7-4-6;2-1(3)4;/h1-3H3;(H5,2,3,4);. The molecule has 0 heterocycles. The molecule has 0 unspecified atom stereocenters. The molecule has 0 aromatic heterocycles. The first-order chi connectivity index (χ1) is 5.15. The van der Waals surface area contributed by atoms with E-state index < -0.39 is 0 Å². The van der Waals surface area contributed by atoms with Crippen molar-refractivity contribution in [2.75, 3.05) is 0 Å². The fraction of sp³-hybridized carbons (Fsp3) is 0.667. The van der Waals surface area contributed by atoms with Gasteiger partial charge >= 0.3 is 65.2 Å². The van der Waals surface area contributed by atoms with E-state index in [1.165, 1.54) is 0 Å². The van der Waals surface area contributed by atoms with Crippen LogP contribution in [-0.4, -0.2) is 40.9 Å². The fourth-order valence-corrected chi connectivity index (χ4v) is 1.47. The number of nitrogens with one attached hydrogen (secondary N) is 1. The number of rotatable bonds is 0. The van der Waals surface area contributed by atoms with Crippen LogP contribution in [-0.2, 0) is 4.74 Å². The van der Waals surface area contributed by atoms with E-state index in [0.717, 1.165) is 0 Å². The van der Waals surface area contributed by atoms with Crippen LogP contribution in [0, 0.1) is 5.41 Å². The summed E-state index contributed by atoms with van der Waals surface area (Å²) in [6.45, 7) is 5.59. The van der Waals surface area contributed by atoms with Gasteiger partial charge in [-0.25, -0.2) is 0 Å². The molecule has 0 aromatic rings. The van der Waals surface area contributed by atoms with Crippen molar-refractivity contribution in [1.29, 1.82) is 5.41 Å². The second-order valence-electron chi connectivity index (χ2n) is 2.96. The maximum atomic E-state index is 10.3. The number of ether oxygens (including phenoxy) is 1. The molecular formula is C6H14N3O2Pb. The Bertz CT molecular complexity index is 161. The van der Waals surface area contributed by atoms with E-state index in [-0.39, 0.29) is 15.1 Å². The van der Waals surface area contributed by atoms with Gasteiger partial charge in [-0.3, -0.25) is 5.41 Å². The van der Waals surface area contributed by atoms with Crippen LogP contribution in [0.4, 0.5) is 4.79 Å². The zero-order valence-electron chi connectivity index (χ0n) is 7.47. The zero-order valence-corrected chi connectivity index (χ0v) is 11.4. The van der Waals surface area contributed by atoms with E-state index in [9.17, 15) is 4.79 Å². The van der Waals surface area contributed by atoms with Crippen LogP contribution in [0.5, 0.6) is 0 Å². The summed E-state index contributed by atoms with van der Waals surface area (Å²) in [6.07, 6.45) is 0. The third-order valence-corrected chi connectivity index (χ3v) is 0.796. The molecule has 0 spiro atoms. The van der Waals surface area contributed by atoms with E-state index in [1.807, 2.05) is 20.8 Å². The second-order valence-corrected chi connectivity index (χ2v) is 4.54. The summed E-state index contributed by atoms with van der Waals surface area (Å²) in [6, 6.07) is 0. The molecule has 0 saturated carbocycles. The van der Waals surface area contributed by atoms with Crippen molar-refractivity contribution >= 4 is 35.3 Å². The van der Waals surface area contributed by atoms with E-state index in [0.29, 0.717) is 25.8 Å². The summed E-state index contributed by atoms with van der Waals surface area (Å²) in [5.41, 5.74) is 8.65. The van der Waals surface area contributed by atoms with Crippen molar-refractivity contribution in [1.82, 2.24) is 0 Å². The number of carbonyl (C=O) groups excluding carboxylic acids is 1. The minimum absolute atomic E-state index is 0.0856. The summed E-state index contributed by atoms with van der Waals surface area (Å²) in [5, 5.41) is 6.06. The van der Waals surface area contributed by atoms with Crippen molar-refractivity contribution in [2.24, 2.45) is 11.5 Å². The van der Waals surface area contributed by atoms with Gasteiger partial charge in [0.05, 0.1) is 0 Å². The molecule has 69 valence electrons. The Kier molecular flexibility index (Phi) is 7.35. The zero-order chi connectivity index (χ0) is 10.4. The largest absolute Gasteiger partial charge is 0.370 e. The molecule has 0 aliphatic rings. The minimum atomic E-state index is -0.333. The molecule has 0 fully saturated rings. The van der Waals surface area contributed by atoms with Crippen molar-refractivity contribution in [3.8, 4) is 0 Å². The molecule has 6 heteroatoms. The number of guanidine groups is 1. The molecular weight excluding hydrogens is 353 g/mol. The van der Waals surface area contributed by atoms with E-state index in [2.05, 4.69) is 11.5 Å². The average molecular weight is 367 g/mol. The van der Waals surface area contributed by atoms with Gasteiger partial charge in [0.15, 0.2) is 5.96 Å². The predicted octanol–water partition coefficient (Wildman–Crippen LogP) is -0.0714. The maximum absolute atomic E-state index is 10.3. The summed E-state index contributed by atoms with van der Waals surface area (Å²) < 4.78 is 4.77. The Hall–Kier alpha value is -0.338. The van der Waals surface area contributed by atoms with Gasteiger partial charge in [0, 0.05) is 0 Å². The van der Waals surface area contributed by atoms with Crippen molar-refractivity contribution in [3.63, 3.8) is 0 Å². The monoisotopic (exact) mass is 368 g/mol. The van der Waals surface area contributed by atoms with Gasteiger partial charge < -0.3 is 11.5 Å². The first-order valence-electron chi connectivity index (χ1n) is 3.19. The van der Waals surface area contributed by atoms with Crippen LogP contribution in [0.25, 0.3) is 0 Å². The minimum Gasteiger partial charge on any atom is -0.370 e. The quantitative estimate of drug-likeness (QED) is 0.317. The van der Waals surface area contributed by atoms with Gasteiger partial charge in [-0.05, 0) is 0 Å². The molecule has 0 aliphatic carbocycles. The summed E-state index contributed by atoms with van der Waals surface area (Å²) in [7, 11) is 0. The molecule has 3 radical (unpaired) electrons. The van der Waals surface area contributed by atoms with Gasteiger partial charge in [0.1, 0.15) is 0 Å². The molecule has 0 atom stereocenters. The first kappa shape index (κ1) is 14.2. The molecule has 0 amide bonds. The molecule has 0 aliphatic heterocycles. The molecule has 5 nitrogen and oxygen atoms in total. The Balaban J connectivity index is 0. The summed E-state index contributed by atoms with van der Waals surface area (Å²) >= 11 is 0.489. The van der Waals surface area contributed by atoms with Crippen LogP contribution in [0.1, 0.15) is 20.8 Å². The van der Waals surface area contributed by atoms with E-state index in [4.69, 9.17) is 10.1 Å².